The molecule has 128 valence electrons. The smallest absolute Gasteiger partial charge is 0.192 e. The fourth-order valence-corrected chi connectivity index (χ4v) is 3.66. The van der Waals surface area contributed by atoms with E-state index in [1.807, 2.05) is 53.9 Å². The van der Waals surface area contributed by atoms with Crippen molar-refractivity contribution in [3.05, 3.63) is 71.4 Å². The Labute approximate surface area is 153 Å². The molecule has 0 saturated carbocycles. The summed E-state index contributed by atoms with van der Waals surface area (Å²) in [5, 5.41) is 18.5. The highest BCUT2D eigenvalue weighted by Crippen LogP contribution is 2.28. The van der Waals surface area contributed by atoms with E-state index < -0.39 is 0 Å². The van der Waals surface area contributed by atoms with Gasteiger partial charge < -0.3 is 10.1 Å². The highest BCUT2D eigenvalue weighted by atomic mass is 32.1. The molecule has 6 nitrogen and oxygen atoms in total. The van der Waals surface area contributed by atoms with Crippen LogP contribution >= 0.6 is 11.3 Å². The van der Waals surface area contributed by atoms with Crippen molar-refractivity contribution in [2.24, 2.45) is 0 Å². The number of ether oxygens (including phenoxy) is 1. The van der Waals surface area contributed by atoms with Crippen LogP contribution in [0.4, 0.5) is 5.69 Å². The van der Waals surface area contributed by atoms with E-state index in [4.69, 9.17) is 4.74 Å². The summed E-state index contributed by atoms with van der Waals surface area (Å²) < 4.78 is 7.81. The number of rotatable bonds is 4. The van der Waals surface area contributed by atoms with E-state index in [1.54, 1.807) is 15.9 Å². The minimum Gasteiger partial charge on any atom is -0.485 e. The Morgan fingerprint density at radius 3 is 2.96 bits per heavy atom. The van der Waals surface area contributed by atoms with Gasteiger partial charge in [0.05, 0.1) is 4.88 Å². The van der Waals surface area contributed by atoms with Gasteiger partial charge in [-0.05, 0) is 41.8 Å². The normalized spacial score (nSPS) is 13.2. The van der Waals surface area contributed by atoms with E-state index in [0.29, 0.717) is 18.1 Å². The first-order valence-corrected chi connectivity index (χ1v) is 9.18. The van der Waals surface area contributed by atoms with Gasteiger partial charge in [-0.25, -0.2) is 0 Å². The zero-order chi connectivity index (χ0) is 17.3. The first kappa shape index (κ1) is 15.1. The van der Waals surface area contributed by atoms with E-state index in [1.165, 1.54) is 0 Å². The van der Waals surface area contributed by atoms with Gasteiger partial charge >= 0.3 is 0 Å². The van der Waals surface area contributed by atoms with Crippen molar-refractivity contribution >= 4 is 28.4 Å². The van der Waals surface area contributed by atoms with Gasteiger partial charge in [0.1, 0.15) is 18.1 Å². The molecule has 1 N–H and O–H groups in total. The van der Waals surface area contributed by atoms with Crippen LogP contribution in [0.15, 0.2) is 60.0 Å². The van der Waals surface area contributed by atoms with Gasteiger partial charge in [-0.3, -0.25) is 0 Å². The van der Waals surface area contributed by atoms with Crippen molar-refractivity contribution in [3.63, 3.8) is 0 Å². The van der Waals surface area contributed by atoms with Crippen molar-refractivity contribution in [2.75, 3.05) is 11.9 Å². The summed E-state index contributed by atoms with van der Waals surface area (Å²) >= 11 is 1.66. The molecule has 0 spiro atoms. The third-order valence-corrected chi connectivity index (χ3v) is 5.12. The van der Waals surface area contributed by atoms with Crippen LogP contribution in [0.1, 0.15) is 11.4 Å². The number of hydrogen-bond donors (Lipinski definition) is 1. The van der Waals surface area contributed by atoms with E-state index in [2.05, 4.69) is 26.7 Å². The van der Waals surface area contributed by atoms with Crippen LogP contribution in [-0.4, -0.2) is 26.4 Å². The SMILES string of the molecule is C1=C(OCc2nnc3ccc(-c4cccs4)nn23)c2ccccc2NC1. The summed E-state index contributed by atoms with van der Waals surface area (Å²) in [6.07, 6.45) is 2.04. The third-order valence-electron chi connectivity index (χ3n) is 4.23. The number of thiophene rings is 1. The lowest BCUT2D eigenvalue weighted by Crippen LogP contribution is -2.10. The van der Waals surface area contributed by atoms with Gasteiger partial charge in [-0.2, -0.15) is 9.61 Å². The van der Waals surface area contributed by atoms with Gasteiger partial charge in [0, 0.05) is 17.8 Å². The molecule has 3 aromatic heterocycles. The van der Waals surface area contributed by atoms with E-state index >= 15 is 0 Å². The number of aromatic nitrogens is 4. The molecule has 26 heavy (non-hydrogen) atoms. The molecule has 4 heterocycles. The summed E-state index contributed by atoms with van der Waals surface area (Å²) in [4.78, 5) is 1.11. The molecule has 7 heteroatoms. The lowest BCUT2D eigenvalue weighted by atomic mass is 10.1. The number of benzene rings is 1. The van der Waals surface area contributed by atoms with Gasteiger partial charge in [-0.15, -0.1) is 21.5 Å². The molecule has 0 saturated heterocycles. The van der Waals surface area contributed by atoms with Crippen LogP contribution in [0.2, 0.25) is 0 Å². The Morgan fingerprint density at radius 2 is 2.04 bits per heavy atom. The Balaban J connectivity index is 1.43. The Bertz CT molecular complexity index is 1100. The van der Waals surface area contributed by atoms with Crippen molar-refractivity contribution < 1.29 is 4.74 Å². The second-order valence-electron chi connectivity index (χ2n) is 5.87. The van der Waals surface area contributed by atoms with Crippen LogP contribution in [0.3, 0.4) is 0 Å². The largest absolute Gasteiger partial charge is 0.485 e. The first-order valence-electron chi connectivity index (χ1n) is 8.30. The molecule has 0 aliphatic carbocycles. The second-order valence-corrected chi connectivity index (χ2v) is 6.81. The molecule has 4 aromatic rings. The van der Waals surface area contributed by atoms with Gasteiger partial charge in [0.15, 0.2) is 11.5 Å². The van der Waals surface area contributed by atoms with Crippen molar-refractivity contribution in [1.29, 1.82) is 0 Å². The summed E-state index contributed by atoms with van der Waals surface area (Å²) in [5.74, 6) is 1.53. The van der Waals surface area contributed by atoms with Crippen LogP contribution in [0, 0.1) is 0 Å². The van der Waals surface area contributed by atoms with Crippen LogP contribution in [-0.2, 0) is 11.3 Å². The van der Waals surface area contributed by atoms with Crippen LogP contribution < -0.4 is 5.32 Å². The van der Waals surface area contributed by atoms with Crippen molar-refractivity contribution in [3.8, 4) is 10.6 Å². The molecule has 1 aliphatic rings. The van der Waals surface area contributed by atoms with E-state index in [-0.39, 0.29) is 0 Å². The van der Waals surface area contributed by atoms with Crippen LogP contribution in [0.5, 0.6) is 0 Å². The maximum absolute atomic E-state index is 6.05. The Kier molecular flexibility index (Phi) is 3.64. The van der Waals surface area contributed by atoms with Gasteiger partial charge in [0.2, 0.25) is 0 Å². The molecule has 0 amide bonds. The molecule has 1 aromatic carbocycles. The molecule has 1 aliphatic heterocycles. The van der Waals surface area contributed by atoms with E-state index in [9.17, 15) is 0 Å². The summed E-state index contributed by atoms with van der Waals surface area (Å²) in [5.41, 5.74) is 3.75. The van der Waals surface area contributed by atoms with Crippen molar-refractivity contribution in [2.45, 2.75) is 6.61 Å². The molecule has 5 rings (SSSR count). The first-order chi connectivity index (χ1) is 12.9. The highest BCUT2D eigenvalue weighted by Gasteiger charge is 2.15. The lowest BCUT2D eigenvalue weighted by Gasteiger charge is -2.19. The predicted molar refractivity (Wildman–Crippen MR) is 102 cm³/mol. The highest BCUT2D eigenvalue weighted by molar-refractivity contribution is 7.13. The number of hydrogen-bond acceptors (Lipinski definition) is 6. The average molecular weight is 361 g/mol. The molecular formula is C19H15N5OS. The maximum atomic E-state index is 6.05. The number of nitrogens with zero attached hydrogens (tertiary/aromatic N) is 4. The quantitative estimate of drug-likeness (QED) is 0.598. The fraction of sp³-hybridized carbons (Fsp3) is 0.105. The maximum Gasteiger partial charge on any atom is 0.192 e. The zero-order valence-corrected chi connectivity index (χ0v) is 14.6. The number of nitrogens with one attached hydrogen (secondary N) is 1. The predicted octanol–water partition coefficient (Wildman–Crippen LogP) is 3.84. The standard InChI is InChI=1S/C19H15N5OS/c1-2-5-14-13(4-1)16(9-10-20-14)25-12-19-22-21-18-8-7-15(23-24(18)19)17-6-3-11-26-17/h1-9,11,20H,10,12H2. The van der Waals surface area contributed by atoms with Gasteiger partial charge in [-0.1, -0.05) is 18.2 Å². The lowest BCUT2D eigenvalue weighted by molar-refractivity contribution is 0.251. The minimum absolute atomic E-state index is 0.308. The Hall–Kier alpha value is -3.19. The topological polar surface area (TPSA) is 64.3 Å². The average Bonchev–Trinajstić information content (AvgIpc) is 3.36. The fourth-order valence-electron chi connectivity index (χ4n) is 2.97. The van der Waals surface area contributed by atoms with Gasteiger partial charge in [0.25, 0.3) is 0 Å². The minimum atomic E-state index is 0.308. The van der Waals surface area contributed by atoms with Crippen LogP contribution in [0.25, 0.3) is 22.0 Å². The summed E-state index contributed by atoms with van der Waals surface area (Å²) in [6, 6.07) is 16.1. The molecule has 0 radical (unpaired) electrons. The number of anilines is 1. The number of fused-ring (bicyclic) bond motifs is 2. The number of para-hydroxylation sites is 1. The molecule has 0 fully saturated rings. The zero-order valence-electron chi connectivity index (χ0n) is 13.8. The summed E-state index contributed by atoms with van der Waals surface area (Å²) in [6.45, 7) is 1.05. The third kappa shape index (κ3) is 2.62. The summed E-state index contributed by atoms with van der Waals surface area (Å²) in [7, 11) is 0. The molecular weight excluding hydrogens is 346 g/mol. The molecule has 0 bridgehead atoms. The monoisotopic (exact) mass is 361 g/mol. The van der Waals surface area contributed by atoms with Crippen molar-refractivity contribution in [1.82, 2.24) is 19.8 Å². The Morgan fingerprint density at radius 1 is 1.08 bits per heavy atom. The van der Waals surface area contributed by atoms with E-state index in [0.717, 1.165) is 34.1 Å². The second kappa shape index (κ2) is 6.27. The molecule has 0 atom stereocenters. The molecule has 0 unspecified atom stereocenters.